The molecule has 0 saturated carbocycles. The van der Waals surface area contributed by atoms with Gasteiger partial charge in [-0.05, 0) is 37.1 Å². The third-order valence-corrected chi connectivity index (χ3v) is 4.29. The molecule has 0 amide bonds. The molecule has 26 heavy (non-hydrogen) atoms. The number of aliphatic hydroxyl groups is 1. The van der Waals surface area contributed by atoms with Gasteiger partial charge in [0, 0.05) is 11.1 Å². The summed E-state index contributed by atoms with van der Waals surface area (Å²) in [6.45, 7) is 5.63. The fourth-order valence-corrected chi connectivity index (χ4v) is 2.59. The maximum Gasteiger partial charge on any atom is 0.176 e. The maximum absolute atomic E-state index is 11.1. The third kappa shape index (κ3) is 5.03. The fraction of sp³-hybridized carbons (Fsp3) is 0.391. The summed E-state index contributed by atoms with van der Waals surface area (Å²) < 4.78 is 11.3. The second kappa shape index (κ2) is 9.89. The lowest BCUT2D eigenvalue weighted by molar-refractivity contribution is 0.145. The molecule has 138 valence electrons. The topological polar surface area (TPSA) is 38.7 Å². The third-order valence-electron chi connectivity index (χ3n) is 4.29. The molecule has 2 aromatic carbocycles. The van der Waals surface area contributed by atoms with E-state index in [-0.39, 0.29) is 0 Å². The number of hydrogen-bond donors (Lipinski definition) is 1. The zero-order chi connectivity index (χ0) is 18.8. The van der Waals surface area contributed by atoms with Crippen LogP contribution in [-0.2, 0) is 5.60 Å². The van der Waals surface area contributed by atoms with Crippen molar-refractivity contribution in [2.24, 2.45) is 0 Å². The van der Waals surface area contributed by atoms with Gasteiger partial charge in [-0.25, -0.2) is 0 Å². The van der Waals surface area contributed by atoms with Gasteiger partial charge in [-0.3, -0.25) is 0 Å². The van der Waals surface area contributed by atoms with E-state index in [1.165, 1.54) is 0 Å². The molecule has 0 bridgehead atoms. The number of ether oxygens (including phenoxy) is 2. The highest BCUT2D eigenvalue weighted by Gasteiger charge is 2.29. The van der Waals surface area contributed by atoms with Gasteiger partial charge in [0.1, 0.15) is 11.5 Å². The van der Waals surface area contributed by atoms with Crippen molar-refractivity contribution < 1.29 is 14.6 Å². The Labute approximate surface area is 157 Å². The highest BCUT2D eigenvalue weighted by atomic mass is 16.5. The second-order valence-electron chi connectivity index (χ2n) is 6.31. The van der Waals surface area contributed by atoms with Gasteiger partial charge in [-0.15, -0.1) is 6.42 Å². The minimum atomic E-state index is -1.48. The van der Waals surface area contributed by atoms with E-state index in [1.807, 2.05) is 48.5 Å². The predicted molar refractivity (Wildman–Crippen MR) is 106 cm³/mol. The number of benzene rings is 2. The van der Waals surface area contributed by atoms with Crippen LogP contribution in [0.15, 0.2) is 48.5 Å². The molecule has 2 aromatic rings. The highest BCUT2D eigenvalue weighted by Crippen LogP contribution is 2.31. The molecule has 0 aliphatic carbocycles. The van der Waals surface area contributed by atoms with Gasteiger partial charge in [-0.2, -0.15) is 0 Å². The standard InChI is InChI=1S/C23H28O3/c1-4-7-17-25-21-13-9-19(10-14-21)23(24,6-3)20-11-15-22(16-12-20)26-18-8-5-2/h3,9-16,24H,4-5,7-8,17-18H2,1-2H3. The lowest BCUT2D eigenvalue weighted by Crippen LogP contribution is -2.24. The Morgan fingerprint density at radius 1 is 0.808 bits per heavy atom. The largest absolute Gasteiger partial charge is 0.494 e. The molecule has 0 fully saturated rings. The summed E-state index contributed by atoms with van der Waals surface area (Å²) in [5, 5.41) is 11.1. The van der Waals surface area contributed by atoms with Crippen LogP contribution in [0.4, 0.5) is 0 Å². The molecule has 3 nitrogen and oxygen atoms in total. The van der Waals surface area contributed by atoms with Crippen molar-refractivity contribution >= 4 is 0 Å². The van der Waals surface area contributed by atoms with E-state index in [0.717, 1.165) is 37.2 Å². The fourth-order valence-electron chi connectivity index (χ4n) is 2.59. The predicted octanol–water partition coefficient (Wildman–Crippen LogP) is 4.91. The van der Waals surface area contributed by atoms with E-state index in [1.54, 1.807) is 0 Å². The van der Waals surface area contributed by atoms with Crippen LogP contribution in [0, 0.1) is 12.3 Å². The Morgan fingerprint density at radius 3 is 1.50 bits per heavy atom. The van der Waals surface area contributed by atoms with Crippen LogP contribution in [0.5, 0.6) is 11.5 Å². The van der Waals surface area contributed by atoms with E-state index < -0.39 is 5.60 Å². The molecule has 0 aliphatic heterocycles. The lowest BCUT2D eigenvalue weighted by Gasteiger charge is -2.24. The van der Waals surface area contributed by atoms with Gasteiger partial charge in [0.25, 0.3) is 0 Å². The van der Waals surface area contributed by atoms with E-state index in [4.69, 9.17) is 15.9 Å². The van der Waals surface area contributed by atoms with E-state index in [9.17, 15) is 5.11 Å². The normalized spacial score (nSPS) is 11.0. The van der Waals surface area contributed by atoms with E-state index in [0.29, 0.717) is 24.3 Å². The zero-order valence-corrected chi connectivity index (χ0v) is 15.7. The number of terminal acetylenes is 1. The molecule has 1 N–H and O–H groups in total. The molecule has 0 heterocycles. The zero-order valence-electron chi connectivity index (χ0n) is 15.7. The van der Waals surface area contributed by atoms with Crippen molar-refractivity contribution in [1.82, 2.24) is 0 Å². The molecule has 0 aliphatic rings. The average molecular weight is 352 g/mol. The van der Waals surface area contributed by atoms with E-state index in [2.05, 4.69) is 19.8 Å². The molecule has 0 saturated heterocycles. The molecule has 0 radical (unpaired) electrons. The van der Waals surface area contributed by atoms with Gasteiger partial charge >= 0.3 is 0 Å². The van der Waals surface area contributed by atoms with Gasteiger partial charge in [0.05, 0.1) is 13.2 Å². The smallest absolute Gasteiger partial charge is 0.176 e. The summed E-state index contributed by atoms with van der Waals surface area (Å²) >= 11 is 0. The molecular formula is C23H28O3. The van der Waals surface area contributed by atoms with Crippen LogP contribution in [-0.4, -0.2) is 18.3 Å². The Kier molecular flexibility index (Phi) is 7.56. The second-order valence-corrected chi connectivity index (χ2v) is 6.31. The summed E-state index contributed by atoms with van der Waals surface area (Å²) in [7, 11) is 0. The highest BCUT2D eigenvalue weighted by molar-refractivity contribution is 5.46. The molecule has 2 rings (SSSR count). The molecule has 3 heteroatoms. The van der Waals surface area contributed by atoms with Crippen LogP contribution in [0.1, 0.15) is 50.7 Å². The van der Waals surface area contributed by atoms with Crippen molar-refractivity contribution in [3.05, 3.63) is 59.7 Å². The Hall–Kier alpha value is -2.44. The van der Waals surface area contributed by atoms with Crippen molar-refractivity contribution in [2.75, 3.05) is 13.2 Å². The average Bonchev–Trinajstić information content (AvgIpc) is 2.69. The first kappa shape index (κ1) is 19.9. The number of rotatable bonds is 10. The SMILES string of the molecule is C#CC(O)(c1ccc(OCCCC)cc1)c1ccc(OCCCC)cc1. The molecule has 0 aromatic heterocycles. The molecule has 0 unspecified atom stereocenters. The Bertz CT molecular complexity index is 642. The van der Waals surface area contributed by atoms with Crippen LogP contribution in [0.2, 0.25) is 0 Å². The minimum absolute atomic E-state index is 0.641. The summed E-state index contributed by atoms with van der Waals surface area (Å²) in [5.41, 5.74) is -0.200. The summed E-state index contributed by atoms with van der Waals surface area (Å²) in [4.78, 5) is 0. The summed E-state index contributed by atoms with van der Waals surface area (Å²) in [6, 6.07) is 14.6. The summed E-state index contributed by atoms with van der Waals surface area (Å²) in [6.07, 6.45) is 9.90. The first-order chi connectivity index (χ1) is 12.6. The monoisotopic (exact) mass is 352 g/mol. The number of hydrogen-bond acceptors (Lipinski definition) is 3. The van der Waals surface area contributed by atoms with E-state index >= 15 is 0 Å². The van der Waals surface area contributed by atoms with Crippen molar-refractivity contribution in [2.45, 2.75) is 45.1 Å². The van der Waals surface area contributed by atoms with Crippen LogP contribution in [0.25, 0.3) is 0 Å². The minimum Gasteiger partial charge on any atom is -0.494 e. The van der Waals surface area contributed by atoms with Gasteiger partial charge in [0.15, 0.2) is 5.60 Å². The molecular weight excluding hydrogens is 324 g/mol. The van der Waals surface area contributed by atoms with Gasteiger partial charge in [0.2, 0.25) is 0 Å². The van der Waals surface area contributed by atoms with Gasteiger partial charge in [-0.1, -0.05) is 56.9 Å². The first-order valence-electron chi connectivity index (χ1n) is 9.30. The van der Waals surface area contributed by atoms with Crippen LogP contribution in [0.3, 0.4) is 0 Å². The lowest BCUT2D eigenvalue weighted by atomic mass is 9.87. The number of unbranched alkanes of at least 4 members (excludes halogenated alkanes) is 2. The van der Waals surface area contributed by atoms with Crippen molar-refractivity contribution in [1.29, 1.82) is 0 Å². The molecule has 0 atom stereocenters. The summed E-state index contributed by atoms with van der Waals surface area (Å²) in [5.74, 6) is 4.09. The first-order valence-corrected chi connectivity index (χ1v) is 9.30. The quantitative estimate of drug-likeness (QED) is 0.487. The van der Waals surface area contributed by atoms with Gasteiger partial charge < -0.3 is 14.6 Å². The Morgan fingerprint density at radius 2 is 1.19 bits per heavy atom. The van der Waals surface area contributed by atoms with Crippen LogP contribution < -0.4 is 9.47 Å². The van der Waals surface area contributed by atoms with Crippen molar-refractivity contribution in [3.63, 3.8) is 0 Å². The maximum atomic E-state index is 11.1. The Balaban J connectivity index is 2.13. The van der Waals surface area contributed by atoms with Crippen LogP contribution >= 0.6 is 0 Å². The molecule has 0 spiro atoms. The van der Waals surface area contributed by atoms with Crippen molar-refractivity contribution in [3.8, 4) is 23.8 Å².